The maximum atomic E-state index is 5.13. The van der Waals surface area contributed by atoms with Gasteiger partial charge in [0.05, 0.1) is 27.2 Å². The van der Waals surface area contributed by atoms with E-state index in [9.17, 15) is 0 Å². The number of epoxide rings is 1. The van der Waals surface area contributed by atoms with Crippen molar-refractivity contribution in [3.05, 3.63) is 12.7 Å². The summed E-state index contributed by atoms with van der Waals surface area (Å²) in [6, 6.07) is 0. The number of likely N-dealkylation sites (N-methyl/N-ethyl adjacent to an activating group) is 1. The molecule has 1 unspecified atom stereocenters. The lowest BCUT2D eigenvalue weighted by molar-refractivity contribution is -0.888. The molecule has 0 N–H and O–H groups in total. The molecule has 0 bridgehead atoms. The van der Waals surface area contributed by atoms with Crippen LogP contribution in [0.5, 0.6) is 0 Å². The number of hydrogen-bond acceptors (Lipinski definition) is 1. The smallest absolute Gasteiger partial charge is 0.130 e. The summed E-state index contributed by atoms with van der Waals surface area (Å²) in [6.45, 7) is 10.8. The van der Waals surface area contributed by atoms with Crippen LogP contribution in [0.25, 0.3) is 0 Å². The van der Waals surface area contributed by atoms with Gasteiger partial charge >= 0.3 is 0 Å². The van der Waals surface area contributed by atoms with Crippen molar-refractivity contribution in [2.75, 3.05) is 33.8 Å². The number of halogens is 1. The van der Waals surface area contributed by atoms with E-state index in [4.69, 9.17) is 4.74 Å². The van der Waals surface area contributed by atoms with Gasteiger partial charge in [0.2, 0.25) is 0 Å². The molecule has 80 valence electrons. The Morgan fingerprint density at radius 3 is 2.15 bits per heavy atom. The van der Waals surface area contributed by atoms with Crippen LogP contribution in [0.3, 0.4) is 0 Å². The number of hydrogen-bond donors (Lipinski definition) is 0. The van der Waals surface area contributed by atoms with Crippen LogP contribution < -0.4 is 12.4 Å². The molecule has 0 amide bonds. The van der Waals surface area contributed by atoms with Crippen LogP contribution in [0.2, 0.25) is 0 Å². The van der Waals surface area contributed by atoms with Gasteiger partial charge in [-0.3, -0.25) is 0 Å². The number of allylic oxidation sites excluding steroid dienone is 1. The van der Waals surface area contributed by atoms with E-state index in [2.05, 4.69) is 27.6 Å². The maximum Gasteiger partial charge on any atom is 0.130 e. The summed E-state index contributed by atoms with van der Waals surface area (Å²) in [4.78, 5) is 0. The molecule has 1 rings (SSSR count). The first-order valence-corrected chi connectivity index (χ1v) is 4.56. The fourth-order valence-corrected chi connectivity index (χ4v) is 0.854. The van der Waals surface area contributed by atoms with Crippen molar-refractivity contribution in [3.63, 3.8) is 0 Å². The van der Waals surface area contributed by atoms with Crippen LogP contribution in [0, 0.1) is 0 Å². The Hall–Kier alpha value is -0.0500. The topological polar surface area (TPSA) is 12.5 Å². The molecule has 1 heterocycles. The zero-order valence-electron chi connectivity index (χ0n) is 9.22. The summed E-state index contributed by atoms with van der Waals surface area (Å²) in [5.74, 6) is 0. The molecule has 3 heteroatoms. The second-order valence-corrected chi connectivity index (χ2v) is 3.80. The summed E-state index contributed by atoms with van der Waals surface area (Å²) in [7, 11) is 4.48. The van der Waals surface area contributed by atoms with E-state index < -0.39 is 0 Å². The molecule has 2 nitrogen and oxygen atoms in total. The highest BCUT2D eigenvalue weighted by Crippen LogP contribution is 2.12. The average molecular weight is 208 g/mol. The van der Waals surface area contributed by atoms with E-state index in [-0.39, 0.29) is 12.4 Å². The lowest BCUT2D eigenvalue weighted by Crippen LogP contribution is -3.00. The minimum Gasteiger partial charge on any atom is -1.00 e. The summed E-state index contributed by atoms with van der Waals surface area (Å²) in [5, 5.41) is 0. The van der Waals surface area contributed by atoms with Gasteiger partial charge in [0.15, 0.2) is 0 Å². The number of rotatable bonds is 3. The van der Waals surface area contributed by atoms with E-state index in [1.54, 1.807) is 6.08 Å². The molecular weight excluding hydrogens is 186 g/mol. The Morgan fingerprint density at radius 1 is 1.54 bits per heavy atom. The number of ether oxygens (including phenoxy) is 1. The van der Waals surface area contributed by atoms with Crippen LogP contribution in [-0.4, -0.2) is 44.4 Å². The van der Waals surface area contributed by atoms with Crippen molar-refractivity contribution in [1.29, 1.82) is 0 Å². The molecular formula is C10H22ClNO. The van der Waals surface area contributed by atoms with Gasteiger partial charge < -0.3 is 21.6 Å². The zero-order chi connectivity index (χ0) is 9.61. The summed E-state index contributed by atoms with van der Waals surface area (Å²) >= 11 is 0. The number of quaternary nitrogens is 1. The third kappa shape index (κ3) is 9.87. The van der Waals surface area contributed by atoms with Crippen molar-refractivity contribution in [1.82, 2.24) is 0 Å². The highest BCUT2D eigenvalue weighted by molar-refractivity contribution is 4.67. The second kappa shape index (κ2) is 7.36. The lowest BCUT2D eigenvalue weighted by atomic mass is 10.4. The quantitative estimate of drug-likeness (QED) is 0.318. The Kier molecular flexibility index (Phi) is 8.74. The largest absolute Gasteiger partial charge is 1.00 e. The first-order valence-electron chi connectivity index (χ1n) is 4.56. The minimum absolute atomic E-state index is 0. The Morgan fingerprint density at radius 2 is 1.92 bits per heavy atom. The highest BCUT2D eigenvalue weighted by Gasteiger charge is 2.30. The van der Waals surface area contributed by atoms with E-state index in [0.29, 0.717) is 6.10 Å². The molecule has 0 aromatic heterocycles. The molecule has 13 heavy (non-hydrogen) atoms. The second-order valence-electron chi connectivity index (χ2n) is 3.80. The molecule has 0 aromatic carbocycles. The average Bonchev–Trinajstić information content (AvgIpc) is 2.73. The van der Waals surface area contributed by atoms with E-state index in [0.717, 1.165) is 11.1 Å². The molecule has 0 saturated carbocycles. The van der Waals surface area contributed by atoms with Crippen molar-refractivity contribution in [2.45, 2.75) is 20.0 Å². The fraction of sp³-hybridized carbons (Fsp3) is 0.800. The summed E-state index contributed by atoms with van der Waals surface area (Å²) in [6.07, 6.45) is 2.32. The molecule has 1 saturated heterocycles. The third-order valence-electron chi connectivity index (χ3n) is 1.96. The maximum absolute atomic E-state index is 5.13. The van der Waals surface area contributed by atoms with Gasteiger partial charge in [-0.2, -0.15) is 0 Å². The van der Waals surface area contributed by atoms with Crippen LogP contribution in [-0.2, 0) is 4.74 Å². The Balaban J connectivity index is 0. The van der Waals surface area contributed by atoms with Crippen molar-refractivity contribution in [2.24, 2.45) is 0 Å². The van der Waals surface area contributed by atoms with Gasteiger partial charge in [0.25, 0.3) is 0 Å². The monoisotopic (exact) mass is 207 g/mol. The predicted octanol–water partition coefficient (Wildman–Crippen LogP) is -1.32. The van der Waals surface area contributed by atoms with Gasteiger partial charge in [-0.05, 0) is 13.8 Å². The SMILES string of the molecule is C=CC.CC[N+](C)(C)CC1CO1.[Cl-]. The molecule has 1 aliphatic rings. The normalized spacial score (nSPS) is 19.2. The van der Waals surface area contributed by atoms with Gasteiger partial charge in [0, 0.05) is 0 Å². The van der Waals surface area contributed by atoms with E-state index >= 15 is 0 Å². The van der Waals surface area contributed by atoms with Gasteiger partial charge in [-0.15, -0.1) is 6.58 Å². The standard InChI is InChI=1S/C7H16NO.C3H6.ClH/c1-4-8(2,3)5-7-6-9-7;1-3-2;/h7H,4-6H2,1-3H3;3H,1H2,2H3;1H/q+1;;/p-1. The molecule has 1 atom stereocenters. The minimum atomic E-state index is 0. The van der Waals surface area contributed by atoms with E-state index in [1.165, 1.54) is 13.1 Å². The van der Waals surface area contributed by atoms with Gasteiger partial charge in [-0.25, -0.2) is 0 Å². The van der Waals surface area contributed by atoms with Gasteiger partial charge in [-0.1, -0.05) is 6.08 Å². The first kappa shape index (κ1) is 15.4. The Labute approximate surface area is 88.6 Å². The van der Waals surface area contributed by atoms with Crippen LogP contribution >= 0.6 is 0 Å². The van der Waals surface area contributed by atoms with Crippen LogP contribution in [0.15, 0.2) is 12.7 Å². The summed E-state index contributed by atoms with van der Waals surface area (Å²) < 4.78 is 6.22. The molecule has 0 aromatic rings. The van der Waals surface area contributed by atoms with E-state index in [1.807, 2.05) is 6.92 Å². The van der Waals surface area contributed by atoms with Crippen LogP contribution in [0.1, 0.15) is 13.8 Å². The van der Waals surface area contributed by atoms with Crippen molar-refractivity contribution >= 4 is 0 Å². The number of nitrogens with zero attached hydrogens (tertiary/aromatic N) is 1. The highest BCUT2D eigenvalue weighted by atomic mass is 35.5. The lowest BCUT2D eigenvalue weighted by Gasteiger charge is -2.26. The zero-order valence-corrected chi connectivity index (χ0v) is 9.97. The molecule has 1 aliphatic heterocycles. The Bertz CT molecular complexity index is 133. The molecule has 1 fully saturated rings. The first-order chi connectivity index (χ1) is 5.55. The predicted molar refractivity (Wildman–Crippen MR) is 53.1 cm³/mol. The molecule has 0 spiro atoms. The van der Waals surface area contributed by atoms with Crippen molar-refractivity contribution < 1.29 is 21.6 Å². The molecule has 0 aliphatic carbocycles. The fourth-order valence-electron chi connectivity index (χ4n) is 0.854. The molecule has 0 radical (unpaired) electrons. The van der Waals surface area contributed by atoms with Crippen molar-refractivity contribution in [3.8, 4) is 0 Å². The van der Waals surface area contributed by atoms with Crippen LogP contribution in [0.4, 0.5) is 0 Å². The third-order valence-corrected chi connectivity index (χ3v) is 1.96. The summed E-state index contributed by atoms with van der Waals surface area (Å²) in [5.41, 5.74) is 0. The van der Waals surface area contributed by atoms with Gasteiger partial charge in [0.1, 0.15) is 12.6 Å².